The highest BCUT2D eigenvalue weighted by Crippen LogP contribution is 2.46. The van der Waals surface area contributed by atoms with Crippen LogP contribution in [0.25, 0.3) is 0 Å². The lowest BCUT2D eigenvalue weighted by molar-refractivity contribution is 0.239. The van der Waals surface area contributed by atoms with Crippen LogP contribution in [0.15, 0.2) is 36.5 Å². The quantitative estimate of drug-likeness (QED) is 0.562. The second-order valence-corrected chi connectivity index (χ2v) is 4.76. The fourth-order valence-electron chi connectivity index (χ4n) is 2.45. The highest BCUT2D eigenvalue weighted by atomic mass is 14.4. The first-order valence-electron chi connectivity index (χ1n) is 5.46. The smallest absolute Gasteiger partial charge is 0.00779 e. The Bertz CT molecular complexity index is 270. The Morgan fingerprint density at radius 2 is 2.21 bits per heavy atom. The standard InChI is InChI=1S/C14H22/c1-6-12-8-9-14(5,7-2)13(10-12)11(3)4/h6-7,13H,2-3,8-10H2,1,4-5H3/b12-6+/t13-,14+/m0/s1. The van der Waals surface area contributed by atoms with Gasteiger partial charge in [-0.2, -0.15) is 0 Å². The number of hydrogen-bond acceptors (Lipinski definition) is 0. The van der Waals surface area contributed by atoms with E-state index < -0.39 is 0 Å². The van der Waals surface area contributed by atoms with Gasteiger partial charge in [0.1, 0.15) is 0 Å². The van der Waals surface area contributed by atoms with Gasteiger partial charge in [0.2, 0.25) is 0 Å². The van der Waals surface area contributed by atoms with Gasteiger partial charge in [0, 0.05) is 0 Å². The van der Waals surface area contributed by atoms with Crippen molar-refractivity contribution in [3.63, 3.8) is 0 Å². The van der Waals surface area contributed by atoms with E-state index in [9.17, 15) is 0 Å². The molecule has 1 fully saturated rings. The number of hydrogen-bond donors (Lipinski definition) is 0. The van der Waals surface area contributed by atoms with Gasteiger partial charge in [0.05, 0.1) is 0 Å². The molecule has 0 bridgehead atoms. The molecule has 0 heterocycles. The summed E-state index contributed by atoms with van der Waals surface area (Å²) in [6.45, 7) is 14.7. The molecule has 0 unspecified atom stereocenters. The molecule has 14 heavy (non-hydrogen) atoms. The lowest BCUT2D eigenvalue weighted by atomic mass is 9.64. The minimum atomic E-state index is 0.262. The van der Waals surface area contributed by atoms with Crippen LogP contribution in [0.4, 0.5) is 0 Å². The fraction of sp³-hybridized carbons (Fsp3) is 0.571. The van der Waals surface area contributed by atoms with Gasteiger partial charge >= 0.3 is 0 Å². The van der Waals surface area contributed by atoms with E-state index >= 15 is 0 Å². The molecular formula is C14H22. The summed E-state index contributed by atoms with van der Waals surface area (Å²) in [5, 5.41) is 0. The van der Waals surface area contributed by atoms with E-state index in [1.54, 1.807) is 5.57 Å². The molecule has 0 aliphatic heterocycles. The molecular weight excluding hydrogens is 168 g/mol. The average molecular weight is 190 g/mol. The van der Waals surface area contributed by atoms with Gasteiger partial charge in [0.15, 0.2) is 0 Å². The lowest BCUT2D eigenvalue weighted by Gasteiger charge is -2.41. The molecule has 0 aromatic rings. The third-order valence-electron chi connectivity index (χ3n) is 3.72. The van der Waals surface area contributed by atoms with Gasteiger partial charge in [-0.25, -0.2) is 0 Å². The molecule has 1 aliphatic rings. The minimum absolute atomic E-state index is 0.262. The highest BCUT2D eigenvalue weighted by molar-refractivity contribution is 5.19. The van der Waals surface area contributed by atoms with Crippen molar-refractivity contribution in [2.24, 2.45) is 11.3 Å². The molecule has 1 saturated carbocycles. The topological polar surface area (TPSA) is 0 Å². The zero-order chi connectivity index (χ0) is 10.8. The maximum absolute atomic E-state index is 4.12. The molecule has 0 heteroatoms. The molecule has 1 aliphatic carbocycles. The van der Waals surface area contributed by atoms with Crippen LogP contribution in [-0.4, -0.2) is 0 Å². The first-order valence-corrected chi connectivity index (χ1v) is 5.46. The van der Waals surface area contributed by atoms with Crippen molar-refractivity contribution in [1.29, 1.82) is 0 Å². The van der Waals surface area contributed by atoms with E-state index in [0.717, 1.165) is 0 Å². The van der Waals surface area contributed by atoms with Crippen LogP contribution in [0.1, 0.15) is 40.0 Å². The lowest BCUT2D eigenvalue weighted by Crippen LogP contribution is -2.30. The SMILES string of the molecule is C=C[C@]1(C)CC/C(=C\C)C[C@H]1C(=C)C. The Labute approximate surface area is 88.4 Å². The Balaban J connectivity index is 2.92. The fourth-order valence-corrected chi connectivity index (χ4v) is 2.45. The van der Waals surface area contributed by atoms with Crippen LogP contribution in [0.3, 0.4) is 0 Å². The van der Waals surface area contributed by atoms with Crippen LogP contribution in [0.2, 0.25) is 0 Å². The minimum Gasteiger partial charge on any atom is -0.103 e. The molecule has 0 aromatic heterocycles. The maximum atomic E-state index is 4.12. The molecule has 0 nitrogen and oxygen atoms in total. The normalized spacial score (nSPS) is 35.6. The molecule has 2 atom stereocenters. The van der Waals surface area contributed by atoms with Crippen molar-refractivity contribution in [1.82, 2.24) is 0 Å². The van der Waals surface area contributed by atoms with Crippen molar-refractivity contribution >= 4 is 0 Å². The maximum Gasteiger partial charge on any atom is -0.00779 e. The van der Waals surface area contributed by atoms with Crippen molar-refractivity contribution in [2.45, 2.75) is 40.0 Å². The molecule has 0 spiro atoms. The summed E-state index contributed by atoms with van der Waals surface area (Å²) < 4.78 is 0. The van der Waals surface area contributed by atoms with Gasteiger partial charge in [-0.1, -0.05) is 36.8 Å². The van der Waals surface area contributed by atoms with Crippen LogP contribution >= 0.6 is 0 Å². The van der Waals surface area contributed by atoms with Crippen LogP contribution in [0, 0.1) is 11.3 Å². The van der Waals surface area contributed by atoms with Gasteiger partial charge in [-0.3, -0.25) is 0 Å². The Morgan fingerprint density at radius 1 is 1.57 bits per heavy atom. The second-order valence-electron chi connectivity index (χ2n) is 4.76. The second kappa shape index (κ2) is 4.16. The van der Waals surface area contributed by atoms with Crippen molar-refractivity contribution in [2.75, 3.05) is 0 Å². The number of rotatable bonds is 2. The summed E-state index contributed by atoms with van der Waals surface area (Å²) >= 11 is 0. The summed E-state index contributed by atoms with van der Waals surface area (Å²) in [6, 6.07) is 0. The zero-order valence-corrected chi connectivity index (χ0v) is 9.77. The Kier molecular flexibility index (Phi) is 3.36. The predicted molar refractivity (Wildman–Crippen MR) is 64.2 cm³/mol. The Hall–Kier alpha value is -0.780. The largest absolute Gasteiger partial charge is 0.103 e. The molecule has 0 amide bonds. The van der Waals surface area contributed by atoms with Crippen molar-refractivity contribution < 1.29 is 0 Å². The van der Waals surface area contributed by atoms with Crippen LogP contribution in [0.5, 0.6) is 0 Å². The van der Waals surface area contributed by atoms with Gasteiger partial charge in [0.25, 0.3) is 0 Å². The highest BCUT2D eigenvalue weighted by Gasteiger charge is 2.35. The summed E-state index contributed by atoms with van der Waals surface area (Å²) in [5.41, 5.74) is 3.14. The number of allylic oxidation sites excluding steroid dienone is 4. The summed E-state index contributed by atoms with van der Waals surface area (Å²) in [5.74, 6) is 0.583. The third kappa shape index (κ3) is 2.00. The molecule has 0 N–H and O–H groups in total. The average Bonchev–Trinajstić information content (AvgIpc) is 2.18. The first kappa shape index (κ1) is 11.3. The van der Waals surface area contributed by atoms with E-state index in [0.29, 0.717) is 5.92 Å². The molecule has 0 aromatic carbocycles. The summed E-state index contributed by atoms with van der Waals surface area (Å²) in [6.07, 6.45) is 8.00. The van der Waals surface area contributed by atoms with E-state index in [4.69, 9.17) is 0 Å². The monoisotopic (exact) mass is 190 g/mol. The van der Waals surface area contributed by atoms with E-state index in [1.807, 2.05) is 0 Å². The molecule has 0 radical (unpaired) electrons. The van der Waals surface area contributed by atoms with Crippen molar-refractivity contribution in [3.8, 4) is 0 Å². The van der Waals surface area contributed by atoms with Crippen molar-refractivity contribution in [3.05, 3.63) is 36.5 Å². The zero-order valence-electron chi connectivity index (χ0n) is 9.77. The molecule has 78 valence electrons. The van der Waals surface area contributed by atoms with Gasteiger partial charge < -0.3 is 0 Å². The van der Waals surface area contributed by atoms with Crippen LogP contribution in [-0.2, 0) is 0 Å². The third-order valence-corrected chi connectivity index (χ3v) is 3.72. The first-order chi connectivity index (χ1) is 6.53. The molecule has 1 rings (SSSR count). The van der Waals surface area contributed by atoms with Gasteiger partial charge in [-0.05, 0) is 44.4 Å². The Morgan fingerprint density at radius 3 is 2.64 bits per heavy atom. The molecule has 0 saturated heterocycles. The summed E-state index contributed by atoms with van der Waals surface area (Å²) in [7, 11) is 0. The van der Waals surface area contributed by atoms with E-state index in [-0.39, 0.29) is 5.41 Å². The summed E-state index contributed by atoms with van der Waals surface area (Å²) in [4.78, 5) is 0. The van der Waals surface area contributed by atoms with Crippen LogP contribution < -0.4 is 0 Å². The van der Waals surface area contributed by atoms with Gasteiger partial charge in [-0.15, -0.1) is 6.58 Å². The van der Waals surface area contributed by atoms with E-state index in [2.05, 4.69) is 46.1 Å². The predicted octanol–water partition coefficient (Wildman–Crippen LogP) is 4.50. The van der Waals surface area contributed by atoms with E-state index in [1.165, 1.54) is 24.8 Å².